The number of nitrogens with one attached hydrogen (secondary N) is 2. The number of amides is 1. The largest absolute Gasteiger partial charge is 0.323 e. The fourth-order valence-electron chi connectivity index (χ4n) is 1.80. The number of hydrazine groups is 1. The Morgan fingerprint density at radius 2 is 2.00 bits per heavy atom. The summed E-state index contributed by atoms with van der Waals surface area (Å²) in [4.78, 5) is 12.2. The van der Waals surface area contributed by atoms with E-state index in [1.54, 1.807) is 12.1 Å². The number of anilines is 2. The number of carbonyl (C=O) groups excluding carboxylic acids is 1. The third-order valence-electron chi connectivity index (χ3n) is 2.70. The van der Waals surface area contributed by atoms with Gasteiger partial charge < -0.3 is 10.7 Å². The minimum Gasteiger partial charge on any atom is -0.323 e. The normalized spacial score (nSPS) is 10.2. The monoisotopic (exact) mass is 293 g/mol. The number of halogens is 2. The third-order valence-corrected chi connectivity index (χ3v) is 2.91. The number of hydrogen-bond acceptors (Lipinski definition) is 3. The first-order valence-electron chi connectivity index (χ1n) is 5.84. The van der Waals surface area contributed by atoms with Crippen molar-refractivity contribution < 1.29 is 9.18 Å². The summed E-state index contributed by atoms with van der Waals surface area (Å²) in [5.41, 5.74) is 4.49. The van der Waals surface area contributed by atoms with Gasteiger partial charge >= 0.3 is 0 Å². The molecule has 4 N–H and O–H groups in total. The van der Waals surface area contributed by atoms with Crippen LogP contribution in [0.3, 0.4) is 0 Å². The van der Waals surface area contributed by atoms with Crippen LogP contribution in [0.5, 0.6) is 0 Å². The topological polar surface area (TPSA) is 67.1 Å². The molecule has 0 bridgehead atoms. The van der Waals surface area contributed by atoms with Crippen LogP contribution in [0.2, 0.25) is 5.02 Å². The van der Waals surface area contributed by atoms with E-state index in [4.69, 9.17) is 17.4 Å². The predicted molar refractivity (Wildman–Crippen MR) is 78.4 cm³/mol. The van der Waals surface area contributed by atoms with Crippen LogP contribution in [0, 0.1) is 12.7 Å². The van der Waals surface area contributed by atoms with Gasteiger partial charge in [0.05, 0.1) is 11.3 Å². The lowest BCUT2D eigenvalue weighted by Gasteiger charge is -2.11. The molecular weight excluding hydrogens is 281 g/mol. The Bertz CT molecular complexity index is 641. The number of rotatable bonds is 3. The van der Waals surface area contributed by atoms with Gasteiger partial charge in [-0.1, -0.05) is 23.2 Å². The van der Waals surface area contributed by atoms with Gasteiger partial charge in [-0.05, 0) is 37.3 Å². The molecule has 2 aromatic carbocycles. The first-order chi connectivity index (χ1) is 9.49. The van der Waals surface area contributed by atoms with E-state index in [0.29, 0.717) is 11.3 Å². The number of aryl methyl sites for hydroxylation is 1. The Balaban J connectivity index is 2.30. The van der Waals surface area contributed by atoms with E-state index >= 15 is 0 Å². The fourth-order valence-corrected chi connectivity index (χ4v) is 2.02. The Labute approximate surface area is 120 Å². The molecule has 1 amide bonds. The van der Waals surface area contributed by atoms with Crippen LogP contribution < -0.4 is 16.6 Å². The van der Waals surface area contributed by atoms with Gasteiger partial charge in [0.25, 0.3) is 5.91 Å². The van der Waals surface area contributed by atoms with Crippen LogP contribution in [-0.2, 0) is 0 Å². The molecule has 104 valence electrons. The first kappa shape index (κ1) is 14.3. The van der Waals surface area contributed by atoms with E-state index in [-0.39, 0.29) is 10.7 Å². The van der Waals surface area contributed by atoms with Gasteiger partial charge in [0.1, 0.15) is 5.82 Å². The Morgan fingerprint density at radius 3 is 2.65 bits per heavy atom. The van der Waals surface area contributed by atoms with Crippen LogP contribution in [-0.4, -0.2) is 5.91 Å². The molecule has 0 saturated heterocycles. The smallest absolute Gasteiger partial charge is 0.257 e. The summed E-state index contributed by atoms with van der Waals surface area (Å²) in [5, 5.41) is 2.79. The zero-order valence-electron chi connectivity index (χ0n) is 10.7. The first-order valence-corrected chi connectivity index (χ1v) is 6.22. The van der Waals surface area contributed by atoms with Gasteiger partial charge in [0, 0.05) is 10.7 Å². The van der Waals surface area contributed by atoms with E-state index in [1.165, 1.54) is 12.1 Å². The van der Waals surface area contributed by atoms with Crippen LogP contribution in [0.1, 0.15) is 15.9 Å². The fraction of sp³-hybridized carbons (Fsp3) is 0.0714. The highest BCUT2D eigenvalue weighted by molar-refractivity contribution is 6.31. The van der Waals surface area contributed by atoms with Gasteiger partial charge in [0.2, 0.25) is 0 Å². The molecule has 2 aromatic rings. The number of benzene rings is 2. The highest BCUT2D eigenvalue weighted by Gasteiger charge is 2.12. The van der Waals surface area contributed by atoms with Gasteiger partial charge in [0.15, 0.2) is 0 Å². The quantitative estimate of drug-likeness (QED) is 0.601. The van der Waals surface area contributed by atoms with Crippen molar-refractivity contribution in [2.24, 2.45) is 5.84 Å². The number of nitrogens with two attached hydrogens (primary N) is 1. The van der Waals surface area contributed by atoms with Crippen molar-refractivity contribution in [2.75, 3.05) is 10.7 Å². The lowest BCUT2D eigenvalue weighted by atomic mass is 10.1. The molecule has 4 nitrogen and oxygen atoms in total. The molecule has 0 fully saturated rings. The zero-order chi connectivity index (χ0) is 14.7. The van der Waals surface area contributed by atoms with Gasteiger partial charge in [-0.2, -0.15) is 0 Å². The summed E-state index contributed by atoms with van der Waals surface area (Å²) in [7, 11) is 0. The SMILES string of the molecule is Cc1ccc(NN)c(C(=O)Nc2cc(F)cc(Cl)c2)c1. The minimum atomic E-state index is -0.519. The van der Waals surface area contributed by atoms with Crippen LogP contribution >= 0.6 is 11.6 Å². The van der Waals surface area contributed by atoms with E-state index in [1.807, 2.05) is 13.0 Å². The molecular formula is C14H13ClFN3O. The van der Waals surface area contributed by atoms with Gasteiger partial charge in [-0.3, -0.25) is 10.6 Å². The highest BCUT2D eigenvalue weighted by atomic mass is 35.5. The average molecular weight is 294 g/mol. The molecule has 20 heavy (non-hydrogen) atoms. The maximum absolute atomic E-state index is 13.2. The highest BCUT2D eigenvalue weighted by Crippen LogP contribution is 2.21. The van der Waals surface area contributed by atoms with Crippen molar-refractivity contribution in [3.63, 3.8) is 0 Å². The molecule has 0 aliphatic heterocycles. The molecule has 6 heteroatoms. The number of nitrogen functional groups attached to an aromatic ring is 1. The molecule has 0 unspecified atom stereocenters. The standard InChI is InChI=1S/C14H13ClFN3O/c1-8-2-3-13(19-17)12(4-8)14(20)18-11-6-9(15)5-10(16)7-11/h2-7,19H,17H2,1H3,(H,18,20). The number of hydrogen-bond donors (Lipinski definition) is 3. The van der Waals surface area contributed by atoms with Crippen LogP contribution in [0.15, 0.2) is 36.4 Å². The molecule has 0 spiro atoms. The van der Waals surface area contributed by atoms with Gasteiger partial charge in [-0.25, -0.2) is 4.39 Å². The summed E-state index contributed by atoms with van der Waals surface area (Å²) in [6.07, 6.45) is 0. The second-order valence-corrected chi connectivity index (χ2v) is 4.74. The molecule has 0 atom stereocenters. The van der Waals surface area contributed by atoms with Crippen LogP contribution in [0.25, 0.3) is 0 Å². The summed E-state index contributed by atoms with van der Waals surface area (Å²) < 4.78 is 13.2. The molecule has 0 radical (unpaired) electrons. The van der Waals surface area contributed by atoms with E-state index < -0.39 is 11.7 Å². The van der Waals surface area contributed by atoms with E-state index in [2.05, 4.69) is 10.7 Å². The molecule has 0 heterocycles. The van der Waals surface area contributed by atoms with E-state index in [9.17, 15) is 9.18 Å². The molecule has 2 rings (SSSR count). The summed E-state index contributed by atoms with van der Waals surface area (Å²) in [6.45, 7) is 1.86. The van der Waals surface area contributed by atoms with Crippen molar-refractivity contribution in [3.05, 3.63) is 58.4 Å². The van der Waals surface area contributed by atoms with Crippen molar-refractivity contribution >= 4 is 28.9 Å². The summed E-state index contributed by atoms with van der Waals surface area (Å²) >= 11 is 5.74. The molecule has 0 aromatic heterocycles. The van der Waals surface area contributed by atoms with Crippen molar-refractivity contribution in [1.29, 1.82) is 0 Å². The minimum absolute atomic E-state index is 0.210. The second-order valence-electron chi connectivity index (χ2n) is 4.31. The maximum Gasteiger partial charge on any atom is 0.257 e. The van der Waals surface area contributed by atoms with Crippen LogP contribution in [0.4, 0.5) is 15.8 Å². The maximum atomic E-state index is 13.2. The second kappa shape index (κ2) is 5.90. The van der Waals surface area contributed by atoms with Crippen molar-refractivity contribution in [2.45, 2.75) is 6.92 Å². The molecule has 0 aliphatic rings. The lowest BCUT2D eigenvalue weighted by Crippen LogP contribution is -2.17. The van der Waals surface area contributed by atoms with E-state index in [0.717, 1.165) is 11.6 Å². The van der Waals surface area contributed by atoms with Gasteiger partial charge in [-0.15, -0.1) is 0 Å². The number of carbonyl (C=O) groups is 1. The zero-order valence-corrected chi connectivity index (χ0v) is 11.5. The third kappa shape index (κ3) is 3.26. The molecule has 0 aliphatic carbocycles. The summed E-state index contributed by atoms with van der Waals surface area (Å²) in [6, 6.07) is 9.03. The lowest BCUT2D eigenvalue weighted by molar-refractivity contribution is 0.102. The average Bonchev–Trinajstić information content (AvgIpc) is 2.37. The van der Waals surface area contributed by atoms with Crippen molar-refractivity contribution in [1.82, 2.24) is 0 Å². The van der Waals surface area contributed by atoms with Crippen molar-refractivity contribution in [3.8, 4) is 0 Å². The Kier molecular flexibility index (Phi) is 4.22. The molecule has 0 saturated carbocycles. The predicted octanol–water partition coefficient (Wildman–Crippen LogP) is 3.33. The summed E-state index contributed by atoms with van der Waals surface area (Å²) in [5.74, 6) is 4.45. The Morgan fingerprint density at radius 1 is 1.25 bits per heavy atom. The Hall–Kier alpha value is -2.11.